The van der Waals surface area contributed by atoms with E-state index >= 15 is 0 Å². The van der Waals surface area contributed by atoms with Crippen molar-refractivity contribution in [2.24, 2.45) is 0 Å². The van der Waals surface area contributed by atoms with Crippen LogP contribution in [0.4, 0.5) is 0 Å². The Kier molecular flexibility index (Phi) is 5.34. The standard InChI is InChI=1S/C18H24N2O/c1-5-13(2)16-8-6-7-9-17(16)21-18-12-15(10-11-20-18)14(3)19-4/h6-14,19H,5H2,1-4H3. The summed E-state index contributed by atoms with van der Waals surface area (Å²) in [6.45, 7) is 6.52. The second kappa shape index (κ2) is 7.23. The maximum absolute atomic E-state index is 6.03. The third-order valence-corrected chi connectivity index (χ3v) is 3.97. The van der Waals surface area contributed by atoms with E-state index in [1.165, 1.54) is 11.1 Å². The van der Waals surface area contributed by atoms with Gasteiger partial charge in [-0.3, -0.25) is 0 Å². The van der Waals surface area contributed by atoms with Crippen molar-refractivity contribution in [2.45, 2.75) is 39.2 Å². The summed E-state index contributed by atoms with van der Waals surface area (Å²) in [7, 11) is 1.95. The number of nitrogens with one attached hydrogen (secondary N) is 1. The Balaban J connectivity index is 2.26. The van der Waals surface area contributed by atoms with Crippen LogP contribution in [0, 0.1) is 0 Å². The van der Waals surface area contributed by atoms with Gasteiger partial charge in [-0.1, -0.05) is 32.0 Å². The van der Waals surface area contributed by atoms with Crippen LogP contribution in [0.25, 0.3) is 0 Å². The highest BCUT2D eigenvalue weighted by Crippen LogP contribution is 2.31. The van der Waals surface area contributed by atoms with Crippen LogP contribution >= 0.6 is 0 Å². The second-order valence-electron chi connectivity index (χ2n) is 5.39. The van der Waals surface area contributed by atoms with E-state index in [9.17, 15) is 0 Å². The predicted octanol–water partition coefficient (Wildman–Crippen LogP) is 4.67. The van der Waals surface area contributed by atoms with E-state index in [4.69, 9.17) is 4.74 Å². The molecule has 0 radical (unpaired) electrons. The van der Waals surface area contributed by atoms with Gasteiger partial charge < -0.3 is 10.1 Å². The molecular weight excluding hydrogens is 260 g/mol. The van der Waals surface area contributed by atoms with Gasteiger partial charge in [0.05, 0.1) is 0 Å². The van der Waals surface area contributed by atoms with Crippen molar-refractivity contribution in [3.8, 4) is 11.6 Å². The molecule has 2 atom stereocenters. The van der Waals surface area contributed by atoms with Gasteiger partial charge in [-0.25, -0.2) is 4.98 Å². The fraction of sp³-hybridized carbons (Fsp3) is 0.389. The number of hydrogen-bond donors (Lipinski definition) is 1. The minimum absolute atomic E-state index is 0.278. The zero-order valence-corrected chi connectivity index (χ0v) is 13.3. The smallest absolute Gasteiger partial charge is 0.219 e. The van der Waals surface area contributed by atoms with Crippen LogP contribution in [0.5, 0.6) is 11.6 Å². The maximum Gasteiger partial charge on any atom is 0.219 e. The highest BCUT2D eigenvalue weighted by molar-refractivity contribution is 5.39. The van der Waals surface area contributed by atoms with Crippen LogP contribution in [0.15, 0.2) is 42.6 Å². The van der Waals surface area contributed by atoms with Gasteiger partial charge in [-0.05, 0) is 49.6 Å². The normalized spacial score (nSPS) is 13.7. The summed E-state index contributed by atoms with van der Waals surface area (Å²) in [6.07, 6.45) is 2.88. The lowest BCUT2D eigenvalue weighted by Crippen LogP contribution is -2.12. The fourth-order valence-corrected chi connectivity index (χ4v) is 2.23. The van der Waals surface area contributed by atoms with Crippen molar-refractivity contribution < 1.29 is 4.74 Å². The number of aromatic nitrogens is 1. The van der Waals surface area contributed by atoms with Crippen molar-refractivity contribution in [3.63, 3.8) is 0 Å². The Morgan fingerprint density at radius 1 is 1.19 bits per heavy atom. The molecule has 1 N–H and O–H groups in total. The van der Waals surface area contributed by atoms with Gasteiger partial charge >= 0.3 is 0 Å². The Labute approximate surface area is 127 Å². The molecule has 0 saturated heterocycles. The lowest BCUT2D eigenvalue weighted by atomic mass is 9.98. The number of pyridine rings is 1. The average Bonchev–Trinajstić information content (AvgIpc) is 2.54. The molecule has 3 nitrogen and oxygen atoms in total. The van der Waals surface area contributed by atoms with Crippen molar-refractivity contribution in [2.75, 3.05) is 7.05 Å². The molecule has 3 heteroatoms. The minimum Gasteiger partial charge on any atom is -0.439 e. The first-order valence-electron chi connectivity index (χ1n) is 7.55. The van der Waals surface area contributed by atoms with Crippen LogP contribution in [0.1, 0.15) is 50.3 Å². The van der Waals surface area contributed by atoms with Gasteiger partial charge in [-0.15, -0.1) is 0 Å². The number of hydrogen-bond acceptors (Lipinski definition) is 3. The van der Waals surface area contributed by atoms with Gasteiger partial charge in [0.25, 0.3) is 0 Å². The van der Waals surface area contributed by atoms with Crippen molar-refractivity contribution in [3.05, 3.63) is 53.7 Å². The molecule has 21 heavy (non-hydrogen) atoms. The first kappa shape index (κ1) is 15.5. The van der Waals surface area contributed by atoms with Crippen LogP contribution in [-0.2, 0) is 0 Å². The Morgan fingerprint density at radius 2 is 1.95 bits per heavy atom. The first-order valence-corrected chi connectivity index (χ1v) is 7.55. The summed E-state index contributed by atoms with van der Waals surface area (Å²) >= 11 is 0. The van der Waals surface area contributed by atoms with Crippen molar-refractivity contribution >= 4 is 0 Å². The molecule has 112 valence electrons. The molecule has 0 aliphatic carbocycles. The monoisotopic (exact) mass is 284 g/mol. The number of benzene rings is 1. The van der Waals surface area contributed by atoms with Crippen LogP contribution in [0.2, 0.25) is 0 Å². The summed E-state index contributed by atoms with van der Waals surface area (Å²) in [5, 5.41) is 3.23. The molecule has 0 aliphatic rings. The van der Waals surface area contributed by atoms with E-state index in [1.807, 2.05) is 31.3 Å². The lowest BCUT2D eigenvalue weighted by molar-refractivity contribution is 0.450. The summed E-state index contributed by atoms with van der Waals surface area (Å²) in [4.78, 5) is 4.33. The van der Waals surface area contributed by atoms with Gasteiger partial charge in [0.15, 0.2) is 0 Å². The number of para-hydroxylation sites is 1. The molecule has 0 fully saturated rings. The Hall–Kier alpha value is -1.87. The molecule has 0 saturated carbocycles. The van der Waals surface area contributed by atoms with E-state index in [0.29, 0.717) is 11.8 Å². The minimum atomic E-state index is 0.278. The van der Waals surface area contributed by atoms with Crippen LogP contribution < -0.4 is 10.1 Å². The van der Waals surface area contributed by atoms with E-state index in [2.05, 4.69) is 43.2 Å². The van der Waals surface area contributed by atoms with Crippen LogP contribution in [0.3, 0.4) is 0 Å². The van der Waals surface area contributed by atoms with E-state index in [-0.39, 0.29) is 6.04 Å². The molecule has 2 rings (SSSR count). The highest BCUT2D eigenvalue weighted by atomic mass is 16.5. The van der Waals surface area contributed by atoms with Gasteiger partial charge in [-0.2, -0.15) is 0 Å². The summed E-state index contributed by atoms with van der Waals surface area (Å²) in [5.41, 5.74) is 2.40. The average molecular weight is 284 g/mol. The topological polar surface area (TPSA) is 34.1 Å². The van der Waals surface area contributed by atoms with E-state index < -0.39 is 0 Å². The zero-order valence-electron chi connectivity index (χ0n) is 13.3. The SMILES string of the molecule is CCC(C)c1ccccc1Oc1cc(C(C)NC)ccn1. The molecule has 0 amide bonds. The Bertz CT molecular complexity index is 583. The van der Waals surface area contributed by atoms with E-state index in [1.54, 1.807) is 6.20 Å². The fourth-order valence-electron chi connectivity index (χ4n) is 2.23. The molecule has 0 bridgehead atoms. The summed E-state index contributed by atoms with van der Waals surface area (Å²) < 4.78 is 6.03. The lowest BCUT2D eigenvalue weighted by Gasteiger charge is -2.16. The molecule has 0 spiro atoms. The summed E-state index contributed by atoms with van der Waals surface area (Å²) in [5.74, 6) is 2.01. The second-order valence-corrected chi connectivity index (χ2v) is 5.39. The number of nitrogens with zero attached hydrogens (tertiary/aromatic N) is 1. The molecule has 1 heterocycles. The molecular formula is C18H24N2O. The molecule has 1 aromatic carbocycles. The van der Waals surface area contributed by atoms with Crippen molar-refractivity contribution in [1.29, 1.82) is 0 Å². The van der Waals surface area contributed by atoms with E-state index in [0.717, 1.165) is 12.2 Å². The Morgan fingerprint density at radius 3 is 2.67 bits per heavy atom. The van der Waals surface area contributed by atoms with Gasteiger partial charge in [0, 0.05) is 18.3 Å². The summed E-state index contributed by atoms with van der Waals surface area (Å²) in [6, 6.07) is 12.5. The zero-order chi connectivity index (χ0) is 15.2. The quantitative estimate of drug-likeness (QED) is 0.837. The van der Waals surface area contributed by atoms with Crippen molar-refractivity contribution in [1.82, 2.24) is 10.3 Å². The maximum atomic E-state index is 6.03. The molecule has 0 aliphatic heterocycles. The predicted molar refractivity (Wildman–Crippen MR) is 86.9 cm³/mol. The van der Waals surface area contributed by atoms with Gasteiger partial charge in [0.2, 0.25) is 5.88 Å². The highest BCUT2D eigenvalue weighted by Gasteiger charge is 2.11. The number of ether oxygens (including phenoxy) is 1. The third-order valence-electron chi connectivity index (χ3n) is 3.97. The molecule has 2 aromatic rings. The first-order chi connectivity index (χ1) is 10.2. The number of rotatable bonds is 6. The van der Waals surface area contributed by atoms with Gasteiger partial charge in [0.1, 0.15) is 5.75 Å². The van der Waals surface area contributed by atoms with Crippen LogP contribution in [-0.4, -0.2) is 12.0 Å². The third kappa shape index (κ3) is 3.82. The molecule has 1 aromatic heterocycles. The largest absolute Gasteiger partial charge is 0.439 e. The molecule has 2 unspecified atom stereocenters.